The third-order valence-electron chi connectivity index (χ3n) is 3.76. The zero-order valence-electron chi connectivity index (χ0n) is 13.5. The summed E-state index contributed by atoms with van der Waals surface area (Å²) >= 11 is 0. The van der Waals surface area contributed by atoms with Gasteiger partial charge < -0.3 is 5.11 Å². The molecule has 0 saturated carbocycles. The molecule has 0 aliphatic carbocycles. The summed E-state index contributed by atoms with van der Waals surface area (Å²) in [4.78, 5) is 10.8. The smallest absolute Gasteiger partial charge is 0.306 e. The van der Waals surface area contributed by atoms with Crippen LogP contribution in [0.4, 0.5) is 0 Å². The van der Waals surface area contributed by atoms with Gasteiger partial charge in [-0.05, 0) is 58.8 Å². The van der Waals surface area contributed by atoms with Crippen molar-refractivity contribution in [2.45, 2.75) is 59.8 Å². The predicted octanol–water partition coefficient (Wildman–Crippen LogP) is 5.37. The molecule has 0 amide bonds. The molecule has 2 heteroatoms. The number of hydrogen-bond acceptors (Lipinski definition) is 1. The molecule has 0 aromatic rings. The van der Waals surface area contributed by atoms with Crippen LogP contribution in [0.5, 0.6) is 0 Å². The van der Waals surface area contributed by atoms with E-state index < -0.39 is 5.97 Å². The largest absolute Gasteiger partial charge is 0.481 e. The molecule has 0 heterocycles. The van der Waals surface area contributed by atoms with Crippen LogP contribution in [0.25, 0.3) is 0 Å². The molecule has 0 aliphatic rings. The number of rotatable bonds is 10. The van der Waals surface area contributed by atoms with E-state index in [-0.39, 0.29) is 5.92 Å². The summed E-state index contributed by atoms with van der Waals surface area (Å²) < 4.78 is 0. The molecule has 0 saturated heterocycles. The molecule has 0 radical (unpaired) electrons. The lowest BCUT2D eigenvalue weighted by Gasteiger charge is -2.16. The topological polar surface area (TPSA) is 37.3 Å². The average Bonchev–Trinajstić information content (AvgIpc) is 2.34. The van der Waals surface area contributed by atoms with Crippen LogP contribution < -0.4 is 0 Å². The van der Waals surface area contributed by atoms with Gasteiger partial charge in [0.25, 0.3) is 0 Å². The highest BCUT2D eigenvalue weighted by molar-refractivity contribution is 5.69. The Hall–Kier alpha value is -1.31. The van der Waals surface area contributed by atoms with E-state index in [2.05, 4.69) is 40.0 Å². The van der Waals surface area contributed by atoms with E-state index in [9.17, 15) is 4.79 Å². The maximum Gasteiger partial charge on any atom is 0.306 e. The average molecular weight is 278 g/mol. The maximum atomic E-state index is 10.8. The number of carbonyl (C=O) groups is 1. The van der Waals surface area contributed by atoms with Crippen molar-refractivity contribution in [3.8, 4) is 0 Å². The molecular formula is C18H30O2. The summed E-state index contributed by atoms with van der Waals surface area (Å²) in [6.45, 7) is 16.0. The van der Waals surface area contributed by atoms with Crippen molar-refractivity contribution >= 4 is 5.97 Å². The molecule has 0 bridgehead atoms. The van der Waals surface area contributed by atoms with E-state index in [1.807, 2.05) is 0 Å². The zero-order chi connectivity index (χ0) is 15.7. The highest BCUT2D eigenvalue weighted by Crippen LogP contribution is 2.23. The Labute approximate surface area is 124 Å². The monoisotopic (exact) mass is 278 g/mol. The standard InChI is InChI=1S/C18H30O2/c1-13(2)7-11-17(14(3)4)12-9-15(5)8-10-16(6)18(19)20/h9,16-17H,1,3,7-8,10-12H2,2,4-6H3,(H,19,20)/b15-9-. The van der Waals surface area contributed by atoms with Crippen molar-refractivity contribution in [2.75, 3.05) is 0 Å². The van der Waals surface area contributed by atoms with Crippen LogP contribution in [0.2, 0.25) is 0 Å². The van der Waals surface area contributed by atoms with E-state index in [1.165, 1.54) is 16.7 Å². The first-order chi connectivity index (χ1) is 9.23. The van der Waals surface area contributed by atoms with Crippen LogP contribution in [-0.2, 0) is 4.79 Å². The minimum atomic E-state index is -0.709. The Bertz CT molecular complexity index is 377. The number of aliphatic carboxylic acids is 1. The fourth-order valence-corrected chi connectivity index (χ4v) is 2.00. The zero-order valence-corrected chi connectivity index (χ0v) is 13.5. The van der Waals surface area contributed by atoms with Crippen molar-refractivity contribution < 1.29 is 9.90 Å². The highest BCUT2D eigenvalue weighted by atomic mass is 16.4. The number of hydrogen-bond donors (Lipinski definition) is 1. The second kappa shape index (κ2) is 9.57. The molecule has 0 rings (SSSR count). The second-order valence-corrected chi connectivity index (χ2v) is 6.10. The Balaban J connectivity index is 4.29. The molecule has 114 valence electrons. The summed E-state index contributed by atoms with van der Waals surface area (Å²) in [6.07, 6.45) is 6.95. The molecule has 0 fully saturated rings. The summed E-state index contributed by atoms with van der Waals surface area (Å²) in [7, 11) is 0. The van der Waals surface area contributed by atoms with E-state index in [1.54, 1.807) is 6.92 Å². The molecule has 0 aliphatic heterocycles. The third-order valence-corrected chi connectivity index (χ3v) is 3.76. The summed E-state index contributed by atoms with van der Waals surface area (Å²) in [5, 5.41) is 8.87. The number of carboxylic acid groups (broad SMARTS) is 1. The number of allylic oxidation sites excluding steroid dienone is 4. The van der Waals surface area contributed by atoms with E-state index in [0.717, 1.165) is 25.7 Å². The second-order valence-electron chi connectivity index (χ2n) is 6.10. The van der Waals surface area contributed by atoms with Crippen molar-refractivity contribution in [3.05, 3.63) is 36.0 Å². The van der Waals surface area contributed by atoms with Crippen molar-refractivity contribution in [3.63, 3.8) is 0 Å². The lowest BCUT2D eigenvalue weighted by atomic mass is 9.90. The van der Waals surface area contributed by atoms with Crippen LogP contribution in [-0.4, -0.2) is 11.1 Å². The molecule has 0 aromatic heterocycles. The first kappa shape index (κ1) is 18.7. The van der Waals surface area contributed by atoms with Crippen LogP contribution in [0.15, 0.2) is 36.0 Å². The fourth-order valence-electron chi connectivity index (χ4n) is 2.00. The fraction of sp³-hybridized carbons (Fsp3) is 0.611. The normalized spacial score (nSPS) is 14.7. The number of carboxylic acids is 1. The Morgan fingerprint density at radius 1 is 1.15 bits per heavy atom. The first-order valence-electron chi connectivity index (χ1n) is 7.42. The lowest BCUT2D eigenvalue weighted by molar-refractivity contribution is -0.141. The summed E-state index contributed by atoms with van der Waals surface area (Å²) in [5.41, 5.74) is 3.71. The molecule has 1 N–H and O–H groups in total. The van der Waals surface area contributed by atoms with Crippen LogP contribution >= 0.6 is 0 Å². The minimum Gasteiger partial charge on any atom is -0.481 e. The molecule has 2 atom stereocenters. The molecule has 2 nitrogen and oxygen atoms in total. The Morgan fingerprint density at radius 2 is 1.75 bits per heavy atom. The van der Waals surface area contributed by atoms with E-state index in [4.69, 9.17) is 5.11 Å². The summed E-state index contributed by atoms with van der Waals surface area (Å²) in [6, 6.07) is 0. The molecule has 20 heavy (non-hydrogen) atoms. The van der Waals surface area contributed by atoms with Gasteiger partial charge in [0, 0.05) is 0 Å². The van der Waals surface area contributed by atoms with Gasteiger partial charge in [-0.2, -0.15) is 0 Å². The maximum absolute atomic E-state index is 10.8. The quantitative estimate of drug-likeness (QED) is 0.545. The van der Waals surface area contributed by atoms with Gasteiger partial charge in [-0.3, -0.25) is 4.79 Å². The lowest BCUT2D eigenvalue weighted by Crippen LogP contribution is -2.09. The van der Waals surface area contributed by atoms with E-state index in [0.29, 0.717) is 12.3 Å². The summed E-state index contributed by atoms with van der Waals surface area (Å²) in [5.74, 6) is -0.476. The predicted molar refractivity (Wildman–Crippen MR) is 86.8 cm³/mol. The molecule has 2 unspecified atom stereocenters. The van der Waals surface area contributed by atoms with Crippen molar-refractivity contribution in [1.29, 1.82) is 0 Å². The van der Waals surface area contributed by atoms with Gasteiger partial charge in [0.05, 0.1) is 5.92 Å². The van der Waals surface area contributed by atoms with Gasteiger partial charge in [-0.1, -0.05) is 36.3 Å². The molecule has 0 spiro atoms. The van der Waals surface area contributed by atoms with Crippen molar-refractivity contribution in [1.82, 2.24) is 0 Å². The van der Waals surface area contributed by atoms with Gasteiger partial charge in [-0.25, -0.2) is 0 Å². The van der Waals surface area contributed by atoms with Crippen LogP contribution in [0.3, 0.4) is 0 Å². The van der Waals surface area contributed by atoms with E-state index >= 15 is 0 Å². The van der Waals surface area contributed by atoms with Crippen molar-refractivity contribution in [2.24, 2.45) is 11.8 Å². The van der Waals surface area contributed by atoms with Gasteiger partial charge >= 0.3 is 5.97 Å². The van der Waals surface area contributed by atoms with Gasteiger partial charge in [0.15, 0.2) is 0 Å². The van der Waals surface area contributed by atoms with Crippen LogP contribution in [0, 0.1) is 11.8 Å². The molecule has 0 aromatic carbocycles. The Kier molecular flexibility index (Phi) is 8.94. The van der Waals surface area contributed by atoms with Gasteiger partial charge in [0.1, 0.15) is 0 Å². The molecular weight excluding hydrogens is 248 g/mol. The minimum absolute atomic E-state index is 0.265. The third kappa shape index (κ3) is 8.73. The van der Waals surface area contributed by atoms with Gasteiger partial charge in [-0.15, -0.1) is 6.58 Å². The highest BCUT2D eigenvalue weighted by Gasteiger charge is 2.11. The van der Waals surface area contributed by atoms with Crippen LogP contribution in [0.1, 0.15) is 59.8 Å². The Morgan fingerprint density at radius 3 is 2.20 bits per heavy atom. The van der Waals surface area contributed by atoms with Gasteiger partial charge in [0.2, 0.25) is 0 Å². The first-order valence-corrected chi connectivity index (χ1v) is 7.42. The SMILES string of the molecule is C=C(C)CCC(C/C=C(/C)CCC(C)C(=O)O)C(=C)C.